The van der Waals surface area contributed by atoms with E-state index >= 15 is 0 Å². The van der Waals surface area contributed by atoms with Crippen molar-refractivity contribution in [3.63, 3.8) is 0 Å². The molecule has 62 heavy (non-hydrogen) atoms. The van der Waals surface area contributed by atoms with E-state index < -0.39 is 27.8 Å². The summed E-state index contributed by atoms with van der Waals surface area (Å²) in [4.78, 5) is 36.1. The summed E-state index contributed by atoms with van der Waals surface area (Å²) in [5, 5.41) is 26.4. The summed E-state index contributed by atoms with van der Waals surface area (Å²) in [5.41, 5.74) is 4.99. The molecule has 338 valence electrons. The van der Waals surface area contributed by atoms with Gasteiger partial charge in [0.1, 0.15) is 6.61 Å². The quantitative estimate of drug-likeness (QED) is 0.00572. The van der Waals surface area contributed by atoms with Crippen LogP contribution in [0.15, 0.2) is 103 Å². The second-order valence-corrected chi connectivity index (χ2v) is 16.4. The number of ketones is 1. The highest BCUT2D eigenvalue weighted by molar-refractivity contribution is 7.94. The monoisotopic (exact) mass is 916 g/mol. The minimum absolute atomic E-state index is 0.0501. The van der Waals surface area contributed by atoms with Gasteiger partial charge in [0, 0.05) is 34.3 Å². The SMILES string of the molecule is CCN(CC)CCCNOOSc1ccc(N=N/C(=C\OC=N)OCc2cc(C)c(NC(=O)C(N=Nc3ccc(S(=O)(=O)NCCCN(CC)CC)cc3)C(C)=O)cc2Cl)cc1. The predicted molar refractivity (Wildman–Crippen MR) is 240 cm³/mol. The van der Waals surface area contributed by atoms with E-state index in [1.807, 2.05) is 0 Å². The zero-order chi connectivity index (χ0) is 45.3. The van der Waals surface area contributed by atoms with Crippen molar-refractivity contribution in [3.8, 4) is 0 Å². The van der Waals surface area contributed by atoms with E-state index in [0.717, 1.165) is 68.9 Å². The summed E-state index contributed by atoms with van der Waals surface area (Å²) in [6.07, 6.45) is 3.40. The number of hydrogen-bond donors (Lipinski definition) is 4. The number of hydrogen-bond acceptors (Lipinski definition) is 17. The summed E-state index contributed by atoms with van der Waals surface area (Å²) in [7, 11) is -3.74. The number of nitrogens with one attached hydrogen (secondary N) is 4. The minimum atomic E-state index is -3.74. The van der Waals surface area contributed by atoms with Crippen LogP contribution in [0, 0.1) is 12.3 Å². The lowest BCUT2D eigenvalue weighted by Gasteiger charge is -2.17. The summed E-state index contributed by atoms with van der Waals surface area (Å²) in [6.45, 7) is 17.8. The Balaban J connectivity index is 1.55. The van der Waals surface area contributed by atoms with E-state index in [1.165, 1.54) is 37.3 Å². The average molecular weight is 918 g/mol. The van der Waals surface area contributed by atoms with Crippen molar-refractivity contribution in [2.45, 2.75) is 76.8 Å². The van der Waals surface area contributed by atoms with Crippen LogP contribution in [0.3, 0.4) is 0 Å². The Hall–Kier alpha value is -4.64. The number of amides is 1. The molecule has 0 saturated heterocycles. The molecule has 0 aliphatic rings. The second kappa shape index (κ2) is 28.1. The van der Waals surface area contributed by atoms with Crippen LogP contribution in [0.2, 0.25) is 5.02 Å². The number of nitrogens with zero attached hydrogens (tertiary/aromatic N) is 6. The molecule has 0 bridgehead atoms. The second-order valence-electron chi connectivity index (χ2n) is 13.5. The van der Waals surface area contributed by atoms with Crippen molar-refractivity contribution in [1.82, 2.24) is 20.0 Å². The van der Waals surface area contributed by atoms with Crippen molar-refractivity contribution < 1.29 is 36.8 Å². The van der Waals surface area contributed by atoms with Gasteiger partial charge < -0.3 is 24.6 Å². The fourth-order valence-corrected chi connectivity index (χ4v) is 7.20. The van der Waals surface area contributed by atoms with Gasteiger partial charge in [0.25, 0.3) is 11.8 Å². The largest absolute Gasteiger partial charge is 0.469 e. The van der Waals surface area contributed by atoms with Gasteiger partial charge in [0.05, 0.1) is 28.3 Å². The Morgan fingerprint density at radius 1 is 0.903 bits per heavy atom. The number of rotatable bonds is 30. The van der Waals surface area contributed by atoms with Crippen molar-refractivity contribution >= 4 is 68.8 Å². The molecule has 0 heterocycles. The van der Waals surface area contributed by atoms with Crippen LogP contribution in [-0.2, 0) is 45.0 Å². The number of anilines is 1. The third kappa shape index (κ3) is 18.4. The zero-order valence-corrected chi connectivity index (χ0v) is 38.3. The molecule has 0 radical (unpaired) electrons. The Labute approximate surface area is 373 Å². The van der Waals surface area contributed by atoms with Crippen LogP contribution in [0.25, 0.3) is 0 Å². The van der Waals surface area contributed by atoms with Gasteiger partial charge >= 0.3 is 0 Å². The fraction of sp³-hybridized carbons (Fsp3) is 0.439. The Kier molecular flexibility index (Phi) is 23.5. The third-order valence-electron chi connectivity index (χ3n) is 9.14. The lowest BCUT2D eigenvalue weighted by Crippen LogP contribution is -2.32. The van der Waals surface area contributed by atoms with E-state index in [4.69, 9.17) is 35.8 Å². The molecule has 3 aromatic rings. The fourth-order valence-electron chi connectivity index (χ4n) is 5.50. The average Bonchev–Trinajstić information content (AvgIpc) is 3.26. The lowest BCUT2D eigenvalue weighted by molar-refractivity contribution is -0.244. The van der Waals surface area contributed by atoms with Gasteiger partial charge in [-0.25, -0.2) is 13.1 Å². The lowest BCUT2D eigenvalue weighted by atomic mass is 10.1. The Bertz CT molecular complexity index is 2070. The molecule has 1 unspecified atom stereocenters. The molecule has 1 amide bonds. The summed E-state index contributed by atoms with van der Waals surface area (Å²) in [6, 6.07) is 14.3. The molecule has 0 spiro atoms. The molecule has 0 aromatic heterocycles. The number of hydroxylamine groups is 1. The van der Waals surface area contributed by atoms with Gasteiger partial charge in [-0.05, 0) is 132 Å². The molecule has 3 rings (SSSR count). The minimum Gasteiger partial charge on any atom is -0.469 e. The van der Waals surface area contributed by atoms with E-state index in [9.17, 15) is 18.0 Å². The summed E-state index contributed by atoms with van der Waals surface area (Å²) in [5.74, 6) is -1.35. The number of Topliss-reactive ketones (excluding diaryl/α,β-unsaturated/α-hetero) is 1. The first kappa shape index (κ1) is 51.7. The first-order valence-corrected chi connectivity index (χ1v) is 22.7. The Morgan fingerprint density at radius 2 is 1.52 bits per heavy atom. The molecule has 3 aromatic carbocycles. The molecular formula is C41H57ClN10O8S2. The maximum Gasteiger partial charge on any atom is 0.269 e. The van der Waals surface area contributed by atoms with Crippen molar-refractivity contribution in [2.75, 3.05) is 57.7 Å². The number of benzene rings is 3. The van der Waals surface area contributed by atoms with Crippen LogP contribution in [0.1, 0.15) is 58.6 Å². The maximum absolute atomic E-state index is 13.2. The van der Waals surface area contributed by atoms with Crippen LogP contribution in [0.4, 0.5) is 17.1 Å². The molecule has 0 aliphatic carbocycles. The molecule has 0 aliphatic heterocycles. The van der Waals surface area contributed by atoms with Gasteiger partial charge in [0.15, 0.2) is 18.4 Å². The molecule has 21 heteroatoms. The zero-order valence-electron chi connectivity index (χ0n) is 35.9. The van der Waals surface area contributed by atoms with Crippen LogP contribution >= 0.6 is 23.6 Å². The number of carbonyl (C=O) groups is 2. The van der Waals surface area contributed by atoms with Crippen molar-refractivity contribution in [1.29, 1.82) is 5.41 Å². The highest BCUT2D eigenvalue weighted by Crippen LogP contribution is 2.28. The van der Waals surface area contributed by atoms with E-state index in [-0.39, 0.29) is 28.1 Å². The molecule has 1 atom stereocenters. The molecule has 0 saturated carbocycles. The molecule has 0 fully saturated rings. The van der Waals surface area contributed by atoms with Gasteiger partial charge in [0.2, 0.25) is 16.1 Å². The number of azo groups is 2. The van der Waals surface area contributed by atoms with Crippen LogP contribution in [-0.4, -0.2) is 94.7 Å². The number of sulfonamides is 1. The predicted octanol–water partition coefficient (Wildman–Crippen LogP) is 8.25. The van der Waals surface area contributed by atoms with Crippen molar-refractivity contribution in [2.24, 2.45) is 20.5 Å². The normalized spacial score (nSPS) is 12.7. The van der Waals surface area contributed by atoms with Gasteiger partial charge in [-0.3, -0.25) is 15.0 Å². The van der Waals surface area contributed by atoms with E-state index in [2.05, 4.69) is 73.5 Å². The third-order valence-corrected chi connectivity index (χ3v) is 11.6. The smallest absolute Gasteiger partial charge is 0.269 e. The first-order valence-electron chi connectivity index (χ1n) is 20.1. The topological polar surface area (TPSA) is 221 Å². The number of ether oxygens (including phenoxy) is 2. The number of carbonyl (C=O) groups excluding carboxylic acids is 2. The Morgan fingerprint density at radius 3 is 2.13 bits per heavy atom. The molecule has 18 nitrogen and oxygen atoms in total. The maximum atomic E-state index is 13.2. The number of halogens is 1. The van der Waals surface area contributed by atoms with Gasteiger partial charge in [-0.1, -0.05) is 39.3 Å². The first-order chi connectivity index (χ1) is 29.8. The van der Waals surface area contributed by atoms with Gasteiger partial charge in [-0.15, -0.1) is 19.6 Å². The van der Waals surface area contributed by atoms with Gasteiger partial charge in [-0.2, -0.15) is 15.7 Å². The van der Waals surface area contributed by atoms with E-state index in [1.54, 1.807) is 37.3 Å². The standard InChI is InChI=1S/C41H57ClN10O8S2/c1-7-51(8-2)23-11-21-44-59-60-61-35-17-13-33(14-18-35)47-49-39(28-57-29-43)58-27-32-25-30(5)38(26-37(32)42)46-41(54)40(31(6)53)50-48-34-15-19-36(20-16-34)62(55,56)45-22-12-24-52(9-3)10-4/h13-20,25-26,28-29,40,43-45H,7-12,21-24,27H2,1-6H3,(H,46,54)/b39-28+,43-29?,49-47?,50-48?. The van der Waals surface area contributed by atoms with Crippen molar-refractivity contribution in [3.05, 3.63) is 89.0 Å². The summed E-state index contributed by atoms with van der Waals surface area (Å²) >= 11 is 7.61. The highest BCUT2D eigenvalue weighted by atomic mass is 35.5. The van der Waals surface area contributed by atoms with E-state index in [0.29, 0.717) is 48.4 Å². The number of aryl methyl sites for hydroxylation is 1. The van der Waals surface area contributed by atoms with Crippen LogP contribution < -0.4 is 15.5 Å². The molecular weight excluding hydrogens is 860 g/mol. The summed E-state index contributed by atoms with van der Waals surface area (Å²) < 4.78 is 44.0. The van der Waals surface area contributed by atoms with Crippen LogP contribution in [0.5, 0.6) is 0 Å². The molecule has 4 N–H and O–H groups in total. The highest BCUT2D eigenvalue weighted by Gasteiger charge is 2.24.